The van der Waals surface area contributed by atoms with E-state index in [1.165, 1.54) is 0 Å². The minimum absolute atomic E-state index is 0.0324. The summed E-state index contributed by atoms with van der Waals surface area (Å²) in [5.41, 5.74) is 0.781. The second-order valence-electron chi connectivity index (χ2n) is 5.24. The number of methoxy groups -OCH3 is 3. The van der Waals surface area contributed by atoms with E-state index in [0.29, 0.717) is 31.2 Å². The van der Waals surface area contributed by atoms with Gasteiger partial charge in [-0.1, -0.05) is 0 Å². The first-order chi connectivity index (χ1) is 11.7. The van der Waals surface area contributed by atoms with Gasteiger partial charge in [-0.2, -0.15) is 0 Å². The van der Waals surface area contributed by atoms with Gasteiger partial charge in [-0.15, -0.1) is 0 Å². The highest BCUT2D eigenvalue weighted by Gasteiger charge is 2.18. The monoisotopic (exact) mass is 333 g/mol. The molecule has 2 rings (SSSR count). The molecule has 24 heavy (non-hydrogen) atoms. The number of hydrogen-bond acceptors (Lipinski definition) is 5. The van der Waals surface area contributed by atoms with Crippen molar-refractivity contribution in [2.24, 2.45) is 0 Å². The first-order valence-electron chi connectivity index (χ1n) is 7.68. The third-order valence-corrected chi connectivity index (χ3v) is 3.67. The Balaban J connectivity index is 2.14. The number of benzene rings is 1. The van der Waals surface area contributed by atoms with E-state index < -0.39 is 0 Å². The van der Waals surface area contributed by atoms with Crippen LogP contribution in [0.5, 0.6) is 11.5 Å². The fourth-order valence-corrected chi connectivity index (χ4v) is 2.38. The third-order valence-electron chi connectivity index (χ3n) is 3.67. The van der Waals surface area contributed by atoms with Gasteiger partial charge in [-0.3, -0.25) is 4.79 Å². The fraction of sp³-hybridized carbons (Fsp3) is 0.389. The van der Waals surface area contributed by atoms with Gasteiger partial charge in [0.05, 0.1) is 40.1 Å². The van der Waals surface area contributed by atoms with Crippen LogP contribution in [0.25, 0.3) is 0 Å². The smallest absolute Gasteiger partial charge is 0.227 e. The van der Waals surface area contributed by atoms with Crippen LogP contribution in [-0.2, 0) is 22.5 Å². The Bertz CT molecular complexity index is 639. The van der Waals surface area contributed by atoms with E-state index in [0.717, 1.165) is 11.3 Å². The Morgan fingerprint density at radius 3 is 2.62 bits per heavy atom. The molecule has 0 unspecified atom stereocenters. The molecule has 1 heterocycles. The van der Waals surface area contributed by atoms with Crippen LogP contribution in [0.1, 0.15) is 11.3 Å². The zero-order valence-electron chi connectivity index (χ0n) is 14.3. The summed E-state index contributed by atoms with van der Waals surface area (Å²) in [5.74, 6) is 2.05. The predicted octanol–water partition coefficient (Wildman–Crippen LogP) is 2.51. The molecule has 0 fully saturated rings. The summed E-state index contributed by atoms with van der Waals surface area (Å²) in [6.45, 7) is 1.35. The van der Waals surface area contributed by atoms with Crippen molar-refractivity contribution in [3.05, 3.63) is 47.9 Å². The average Bonchev–Trinajstić information content (AvgIpc) is 3.11. The van der Waals surface area contributed by atoms with E-state index in [1.807, 2.05) is 12.1 Å². The average molecular weight is 333 g/mol. The number of hydrogen-bond donors (Lipinski definition) is 0. The molecule has 0 saturated heterocycles. The van der Waals surface area contributed by atoms with E-state index in [1.54, 1.807) is 50.7 Å². The quantitative estimate of drug-likeness (QED) is 0.706. The van der Waals surface area contributed by atoms with E-state index >= 15 is 0 Å². The van der Waals surface area contributed by atoms with Gasteiger partial charge >= 0.3 is 0 Å². The lowest BCUT2D eigenvalue weighted by atomic mass is 10.1. The molecule has 0 spiro atoms. The summed E-state index contributed by atoms with van der Waals surface area (Å²) in [6, 6.07) is 9.07. The minimum Gasteiger partial charge on any atom is -0.497 e. The number of rotatable bonds is 9. The zero-order chi connectivity index (χ0) is 17.4. The molecule has 0 aliphatic carbocycles. The molecule has 1 amide bonds. The Kier molecular flexibility index (Phi) is 6.69. The van der Waals surface area contributed by atoms with Gasteiger partial charge in [-0.05, 0) is 30.3 Å². The second-order valence-corrected chi connectivity index (χ2v) is 5.24. The summed E-state index contributed by atoms with van der Waals surface area (Å²) in [5, 5.41) is 0. The number of carbonyl (C=O) groups excluding carboxylic acids is 1. The van der Waals surface area contributed by atoms with Crippen LogP contribution in [0.3, 0.4) is 0 Å². The van der Waals surface area contributed by atoms with E-state index in [4.69, 9.17) is 18.6 Å². The fourth-order valence-electron chi connectivity index (χ4n) is 2.38. The van der Waals surface area contributed by atoms with Crippen LogP contribution in [0.4, 0.5) is 0 Å². The molecule has 0 atom stereocenters. The van der Waals surface area contributed by atoms with Gasteiger partial charge in [0.25, 0.3) is 0 Å². The molecule has 0 radical (unpaired) electrons. The molecule has 1 aromatic carbocycles. The highest BCUT2D eigenvalue weighted by atomic mass is 16.5. The zero-order valence-corrected chi connectivity index (χ0v) is 14.3. The van der Waals surface area contributed by atoms with Crippen LogP contribution < -0.4 is 9.47 Å². The van der Waals surface area contributed by atoms with E-state index in [2.05, 4.69) is 0 Å². The molecular weight excluding hydrogens is 310 g/mol. The number of nitrogens with zero attached hydrogens (tertiary/aromatic N) is 1. The van der Waals surface area contributed by atoms with Crippen molar-refractivity contribution in [1.29, 1.82) is 0 Å². The summed E-state index contributed by atoms with van der Waals surface area (Å²) < 4.78 is 21.0. The molecule has 0 N–H and O–H groups in total. The number of amides is 1. The van der Waals surface area contributed by atoms with Crippen LogP contribution in [0, 0.1) is 0 Å². The topological polar surface area (TPSA) is 61.1 Å². The van der Waals surface area contributed by atoms with Crippen LogP contribution in [0.15, 0.2) is 41.0 Å². The van der Waals surface area contributed by atoms with Crippen molar-refractivity contribution in [2.75, 3.05) is 34.5 Å². The number of carbonyl (C=O) groups is 1. The maximum atomic E-state index is 12.7. The minimum atomic E-state index is -0.0324. The molecule has 6 nitrogen and oxygen atoms in total. The molecule has 6 heteroatoms. The highest BCUT2D eigenvalue weighted by molar-refractivity contribution is 5.79. The summed E-state index contributed by atoms with van der Waals surface area (Å²) in [4.78, 5) is 14.5. The van der Waals surface area contributed by atoms with E-state index in [9.17, 15) is 4.79 Å². The molecule has 130 valence electrons. The third kappa shape index (κ3) is 4.76. The SMILES string of the molecule is COCCN(Cc1ccco1)C(=O)Cc1cc(OC)ccc1OC. The molecule has 1 aromatic heterocycles. The first kappa shape index (κ1) is 17.9. The van der Waals surface area contributed by atoms with Crippen molar-refractivity contribution >= 4 is 5.91 Å². The first-order valence-corrected chi connectivity index (χ1v) is 7.68. The van der Waals surface area contributed by atoms with Crippen LogP contribution in [-0.4, -0.2) is 45.3 Å². The molecule has 0 aliphatic heterocycles. The lowest BCUT2D eigenvalue weighted by molar-refractivity contribution is -0.132. The summed E-state index contributed by atoms with van der Waals surface area (Å²) in [6.07, 6.45) is 1.81. The van der Waals surface area contributed by atoms with E-state index in [-0.39, 0.29) is 12.3 Å². The van der Waals surface area contributed by atoms with Crippen molar-refractivity contribution in [1.82, 2.24) is 4.90 Å². The van der Waals surface area contributed by atoms with Gasteiger partial charge in [-0.25, -0.2) is 0 Å². The lowest BCUT2D eigenvalue weighted by Gasteiger charge is -2.22. The largest absolute Gasteiger partial charge is 0.497 e. The number of furan rings is 1. The molecule has 0 saturated carbocycles. The maximum absolute atomic E-state index is 12.7. The van der Waals surface area contributed by atoms with Crippen LogP contribution in [0.2, 0.25) is 0 Å². The molecule has 0 aliphatic rings. The highest BCUT2D eigenvalue weighted by Crippen LogP contribution is 2.25. The predicted molar refractivity (Wildman–Crippen MR) is 89.3 cm³/mol. The van der Waals surface area contributed by atoms with Crippen molar-refractivity contribution in [2.45, 2.75) is 13.0 Å². The van der Waals surface area contributed by atoms with Gasteiger partial charge in [0, 0.05) is 19.2 Å². The molecule has 2 aromatic rings. The summed E-state index contributed by atoms with van der Waals surface area (Å²) in [7, 11) is 4.79. The lowest BCUT2D eigenvalue weighted by Crippen LogP contribution is -2.34. The Morgan fingerprint density at radius 2 is 2.00 bits per heavy atom. The second kappa shape index (κ2) is 8.98. The van der Waals surface area contributed by atoms with Crippen molar-refractivity contribution in [3.63, 3.8) is 0 Å². The number of ether oxygens (including phenoxy) is 3. The normalized spacial score (nSPS) is 10.5. The van der Waals surface area contributed by atoms with Gasteiger partial charge < -0.3 is 23.5 Å². The van der Waals surface area contributed by atoms with Crippen molar-refractivity contribution < 1.29 is 23.4 Å². The summed E-state index contributed by atoms with van der Waals surface area (Å²) >= 11 is 0. The Hall–Kier alpha value is -2.47. The van der Waals surface area contributed by atoms with Crippen LogP contribution >= 0.6 is 0 Å². The van der Waals surface area contributed by atoms with Crippen molar-refractivity contribution in [3.8, 4) is 11.5 Å². The molecular formula is C18H23NO5. The van der Waals surface area contributed by atoms with Gasteiger partial charge in [0.2, 0.25) is 5.91 Å². The maximum Gasteiger partial charge on any atom is 0.227 e. The Morgan fingerprint density at radius 1 is 1.17 bits per heavy atom. The van der Waals surface area contributed by atoms with Gasteiger partial charge in [0.15, 0.2) is 0 Å². The standard InChI is InChI=1S/C18H23NO5/c1-21-10-8-19(13-16-5-4-9-24-16)18(20)12-14-11-15(22-2)6-7-17(14)23-3/h4-7,9,11H,8,10,12-13H2,1-3H3. The Labute approximate surface area is 141 Å². The van der Waals surface area contributed by atoms with Gasteiger partial charge in [0.1, 0.15) is 17.3 Å². The molecule has 0 bridgehead atoms.